The summed E-state index contributed by atoms with van der Waals surface area (Å²) in [7, 11) is 0. The van der Waals surface area contributed by atoms with Gasteiger partial charge < -0.3 is 15.6 Å². The van der Waals surface area contributed by atoms with Crippen molar-refractivity contribution in [3.05, 3.63) is 40.3 Å². The number of hydrogen-bond donors (Lipinski definition) is 2. The Bertz CT molecular complexity index is 691. The van der Waals surface area contributed by atoms with Gasteiger partial charge in [0.1, 0.15) is 5.75 Å². The number of aliphatic hydroxyl groups excluding tert-OH is 1. The zero-order valence-corrected chi connectivity index (χ0v) is 12.6. The van der Waals surface area contributed by atoms with Crippen LogP contribution in [-0.4, -0.2) is 17.6 Å². The van der Waals surface area contributed by atoms with Crippen LogP contribution in [0.3, 0.4) is 0 Å². The first kappa shape index (κ1) is 14.1. The molecule has 3 N–H and O–H groups in total. The van der Waals surface area contributed by atoms with Gasteiger partial charge in [-0.25, -0.2) is 0 Å². The number of thiophene rings is 1. The lowest BCUT2D eigenvalue weighted by Crippen LogP contribution is -2.20. The quantitative estimate of drug-likeness (QED) is 0.911. The highest BCUT2D eigenvalue weighted by atomic mass is 32.1. The molecule has 21 heavy (non-hydrogen) atoms. The molecule has 1 aromatic carbocycles. The van der Waals surface area contributed by atoms with Crippen molar-refractivity contribution in [3.8, 4) is 16.2 Å². The molecule has 5 heteroatoms. The molecule has 3 rings (SSSR count). The molecule has 0 bridgehead atoms. The molecular formula is C16H17NO3S. The van der Waals surface area contributed by atoms with Gasteiger partial charge in [-0.15, -0.1) is 11.3 Å². The predicted molar refractivity (Wildman–Crippen MR) is 82.5 cm³/mol. The summed E-state index contributed by atoms with van der Waals surface area (Å²) < 4.78 is 5.35. The first-order valence-corrected chi connectivity index (χ1v) is 7.71. The molecule has 1 unspecified atom stereocenters. The summed E-state index contributed by atoms with van der Waals surface area (Å²) in [5, 5.41) is 9.73. The average molecular weight is 303 g/mol. The summed E-state index contributed by atoms with van der Waals surface area (Å²) in [5.74, 6) is 0.193. The van der Waals surface area contributed by atoms with Gasteiger partial charge in [0.25, 0.3) is 5.91 Å². The normalized spacial score (nSPS) is 14.2. The van der Waals surface area contributed by atoms with Crippen LogP contribution >= 0.6 is 11.3 Å². The van der Waals surface area contributed by atoms with Gasteiger partial charge in [0.2, 0.25) is 0 Å². The number of carbonyl (C=O) groups is 1. The van der Waals surface area contributed by atoms with E-state index in [9.17, 15) is 9.90 Å². The molecule has 0 saturated heterocycles. The zero-order chi connectivity index (χ0) is 15.0. The molecule has 1 atom stereocenters. The smallest absolute Gasteiger partial charge is 0.255 e. The summed E-state index contributed by atoms with van der Waals surface area (Å²) in [6.07, 6.45) is 1.47. The highest BCUT2D eigenvalue weighted by Gasteiger charge is 2.21. The van der Waals surface area contributed by atoms with Crippen molar-refractivity contribution in [3.63, 3.8) is 0 Å². The summed E-state index contributed by atoms with van der Waals surface area (Å²) in [4.78, 5) is 13.0. The number of carbonyl (C=O) groups excluding carboxylic acids is 1. The lowest BCUT2D eigenvalue weighted by Gasteiger charge is -2.17. The number of amides is 1. The van der Waals surface area contributed by atoms with Crippen LogP contribution in [0.1, 0.15) is 29.0 Å². The van der Waals surface area contributed by atoms with Gasteiger partial charge >= 0.3 is 0 Å². The van der Waals surface area contributed by atoms with Gasteiger partial charge in [0, 0.05) is 9.75 Å². The Morgan fingerprint density at radius 2 is 2.14 bits per heavy atom. The fourth-order valence-electron chi connectivity index (χ4n) is 2.58. The SMILES string of the molecule is CC(O)c1cc2c(s1)-c1ccc(OCC(N)=O)cc1CC2. The van der Waals surface area contributed by atoms with Crippen LogP contribution in [0.5, 0.6) is 5.75 Å². The van der Waals surface area contributed by atoms with Gasteiger partial charge in [0.05, 0.1) is 6.10 Å². The molecular weight excluding hydrogens is 286 g/mol. The van der Waals surface area contributed by atoms with E-state index in [1.165, 1.54) is 21.6 Å². The molecule has 2 aromatic rings. The number of ether oxygens (including phenoxy) is 1. The number of primary amides is 1. The van der Waals surface area contributed by atoms with E-state index in [0.29, 0.717) is 5.75 Å². The minimum atomic E-state index is -0.477. The van der Waals surface area contributed by atoms with Crippen molar-refractivity contribution in [2.45, 2.75) is 25.9 Å². The molecule has 4 nitrogen and oxygen atoms in total. The number of rotatable bonds is 4. The summed E-state index contributed by atoms with van der Waals surface area (Å²) >= 11 is 1.65. The molecule has 0 aliphatic heterocycles. The lowest BCUT2D eigenvalue weighted by molar-refractivity contribution is -0.119. The Kier molecular flexibility index (Phi) is 3.69. The van der Waals surface area contributed by atoms with E-state index in [-0.39, 0.29) is 6.61 Å². The average Bonchev–Trinajstić information content (AvgIpc) is 2.89. The first-order valence-electron chi connectivity index (χ1n) is 6.89. The van der Waals surface area contributed by atoms with Crippen molar-refractivity contribution in [1.29, 1.82) is 0 Å². The minimum absolute atomic E-state index is 0.102. The molecule has 1 heterocycles. The summed E-state index contributed by atoms with van der Waals surface area (Å²) in [6.45, 7) is 1.69. The Morgan fingerprint density at radius 3 is 2.86 bits per heavy atom. The minimum Gasteiger partial charge on any atom is -0.484 e. The van der Waals surface area contributed by atoms with Gasteiger partial charge in [-0.1, -0.05) is 0 Å². The second-order valence-corrected chi connectivity index (χ2v) is 6.34. The van der Waals surface area contributed by atoms with Crippen LogP contribution in [0.25, 0.3) is 10.4 Å². The summed E-state index contributed by atoms with van der Waals surface area (Å²) in [6, 6.07) is 7.96. The third-order valence-electron chi connectivity index (χ3n) is 3.61. The van der Waals surface area contributed by atoms with Crippen molar-refractivity contribution in [2.75, 3.05) is 6.61 Å². The summed E-state index contributed by atoms with van der Waals surface area (Å²) in [5.41, 5.74) is 8.79. The maximum Gasteiger partial charge on any atom is 0.255 e. The molecule has 1 aliphatic carbocycles. The van der Waals surface area contributed by atoms with Crippen LogP contribution < -0.4 is 10.5 Å². The van der Waals surface area contributed by atoms with Crippen LogP contribution in [0.2, 0.25) is 0 Å². The number of aliphatic hydroxyl groups is 1. The molecule has 0 fully saturated rings. The van der Waals surface area contributed by atoms with E-state index in [0.717, 1.165) is 17.7 Å². The zero-order valence-electron chi connectivity index (χ0n) is 11.8. The van der Waals surface area contributed by atoms with Crippen molar-refractivity contribution < 1.29 is 14.6 Å². The van der Waals surface area contributed by atoms with Crippen LogP contribution in [0.4, 0.5) is 0 Å². The van der Waals surface area contributed by atoms with Crippen LogP contribution in [-0.2, 0) is 17.6 Å². The molecule has 0 radical (unpaired) electrons. The molecule has 110 valence electrons. The number of benzene rings is 1. The standard InChI is InChI=1S/C16H17NO3S/c1-9(18)14-7-11-3-2-10-6-12(20-8-15(17)19)4-5-13(10)16(11)21-14/h4-7,9,18H,2-3,8H2,1H3,(H2,17,19). The topological polar surface area (TPSA) is 72.6 Å². The highest BCUT2D eigenvalue weighted by Crippen LogP contribution is 2.42. The molecule has 1 aromatic heterocycles. The third kappa shape index (κ3) is 2.80. The van der Waals surface area contributed by atoms with Gasteiger partial charge in [0.15, 0.2) is 6.61 Å². The van der Waals surface area contributed by atoms with Gasteiger partial charge in [-0.3, -0.25) is 4.79 Å². The number of hydrogen-bond acceptors (Lipinski definition) is 4. The van der Waals surface area contributed by atoms with Crippen molar-refractivity contribution >= 4 is 17.2 Å². The van der Waals surface area contributed by atoms with Gasteiger partial charge in [-0.05, 0) is 60.7 Å². The number of nitrogens with two attached hydrogens (primary N) is 1. The molecule has 0 spiro atoms. The van der Waals surface area contributed by atoms with Gasteiger partial charge in [-0.2, -0.15) is 0 Å². The Labute approximate surface area is 127 Å². The Balaban J connectivity index is 1.92. The fraction of sp³-hybridized carbons (Fsp3) is 0.312. The molecule has 1 amide bonds. The van der Waals surface area contributed by atoms with E-state index in [1.54, 1.807) is 18.3 Å². The van der Waals surface area contributed by atoms with E-state index in [2.05, 4.69) is 6.07 Å². The van der Waals surface area contributed by atoms with Crippen LogP contribution in [0.15, 0.2) is 24.3 Å². The second kappa shape index (κ2) is 5.50. The van der Waals surface area contributed by atoms with E-state index in [1.807, 2.05) is 18.2 Å². The fourth-order valence-corrected chi connectivity index (χ4v) is 3.79. The maximum absolute atomic E-state index is 10.8. The monoisotopic (exact) mass is 303 g/mol. The van der Waals surface area contributed by atoms with Crippen molar-refractivity contribution in [1.82, 2.24) is 0 Å². The van der Waals surface area contributed by atoms with Crippen LogP contribution in [0, 0.1) is 0 Å². The largest absolute Gasteiger partial charge is 0.484 e. The highest BCUT2D eigenvalue weighted by molar-refractivity contribution is 7.15. The Hall–Kier alpha value is -1.85. The maximum atomic E-state index is 10.8. The second-order valence-electron chi connectivity index (χ2n) is 5.25. The first-order chi connectivity index (χ1) is 10.0. The lowest BCUT2D eigenvalue weighted by atomic mass is 9.91. The third-order valence-corrected chi connectivity index (χ3v) is 4.99. The molecule has 1 aliphatic rings. The van der Waals surface area contributed by atoms with Crippen molar-refractivity contribution in [2.24, 2.45) is 5.73 Å². The van der Waals surface area contributed by atoms with E-state index in [4.69, 9.17) is 10.5 Å². The Morgan fingerprint density at radius 1 is 1.38 bits per heavy atom. The predicted octanol–water partition coefficient (Wildman–Crippen LogP) is 2.43. The van der Waals surface area contributed by atoms with E-state index < -0.39 is 12.0 Å². The molecule has 0 saturated carbocycles. The number of aryl methyl sites for hydroxylation is 2. The van der Waals surface area contributed by atoms with E-state index >= 15 is 0 Å². The number of fused-ring (bicyclic) bond motifs is 3.